The summed E-state index contributed by atoms with van der Waals surface area (Å²) in [7, 11) is 0. The van der Waals surface area contributed by atoms with Gasteiger partial charge < -0.3 is 4.74 Å². The summed E-state index contributed by atoms with van der Waals surface area (Å²) in [6.07, 6.45) is 1.11. The van der Waals surface area contributed by atoms with Crippen molar-refractivity contribution in [3.05, 3.63) is 11.3 Å². The van der Waals surface area contributed by atoms with Gasteiger partial charge in [0.25, 0.3) is 0 Å². The fourth-order valence-electron chi connectivity index (χ4n) is 1.69. The Hall–Kier alpha value is -1.30. The van der Waals surface area contributed by atoms with Crippen LogP contribution in [-0.4, -0.2) is 12.4 Å². The van der Waals surface area contributed by atoms with Crippen LogP contribution in [0.25, 0.3) is 0 Å². The van der Waals surface area contributed by atoms with E-state index in [1.807, 2.05) is 26.8 Å². The van der Waals surface area contributed by atoms with Crippen molar-refractivity contribution < 1.29 is 9.53 Å². The Morgan fingerprint density at radius 2 is 2.14 bits per heavy atom. The molecule has 0 aliphatic heterocycles. The maximum atomic E-state index is 11.6. The lowest BCUT2D eigenvalue weighted by atomic mass is 9.77. The molecule has 0 amide bonds. The van der Waals surface area contributed by atoms with Crippen LogP contribution in [0, 0.1) is 16.7 Å². The van der Waals surface area contributed by atoms with Gasteiger partial charge in [0.15, 0.2) is 5.78 Å². The van der Waals surface area contributed by atoms with Crippen LogP contribution in [0.15, 0.2) is 11.3 Å². The van der Waals surface area contributed by atoms with E-state index < -0.39 is 0 Å². The van der Waals surface area contributed by atoms with Crippen molar-refractivity contribution in [1.82, 2.24) is 0 Å². The smallest absolute Gasteiger partial charge is 0.177 e. The highest BCUT2D eigenvalue weighted by Crippen LogP contribution is 2.36. The molecule has 0 aromatic rings. The number of ether oxygens (including phenoxy) is 1. The summed E-state index contributed by atoms with van der Waals surface area (Å²) in [5.41, 5.74) is 0.133. The maximum absolute atomic E-state index is 11.6. The van der Waals surface area contributed by atoms with Gasteiger partial charge in [-0.25, -0.2) is 0 Å². The summed E-state index contributed by atoms with van der Waals surface area (Å²) in [5, 5.41) is 8.82. The molecule has 0 atom stereocenters. The van der Waals surface area contributed by atoms with Gasteiger partial charge in [0.1, 0.15) is 17.4 Å². The molecule has 0 fully saturated rings. The highest BCUT2D eigenvalue weighted by atomic mass is 16.5. The molecular formula is C11H15NO2. The number of nitrogens with zero attached hydrogens (tertiary/aromatic N) is 1. The van der Waals surface area contributed by atoms with E-state index in [9.17, 15) is 4.79 Å². The summed E-state index contributed by atoms with van der Waals surface area (Å²) < 4.78 is 5.33. The van der Waals surface area contributed by atoms with Gasteiger partial charge in [0.05, 0.1) is 6.61 Å². The zero-order valence-corrected chi connectivity index (χ0v) is 8.89. The van der Waals surface area contributed by atoms with Crippen LogP contribution in [0.4, 0.5) is 0 Å². The number of hydrogen-bond acceptors (Lipinski definition) is 3. The Balaban J connectivity index is 3.03. The number of ketones is 1. The Kier molecular flexibility index (Phi) is 2.95. The van der Waals surface area contributed by atoms with Crippen LogP contribution in [0.1, 0.15) is 33.6 Å². The molecule has 0 heterocycles. The summed E-state index contributed by atoms with van der Waals surface area (Å²) >= 11 is 0. The van der Waals surface area contributed by atoms with E-state index >= 15 is 0 Å². The summed E-state index contributed by atoms with van der Waals surface area (Å²) in [6, 6.07) is 1.93. The van der Waals surface area contributed by atoms with E-state index in [0.717, 1.165) is 0 Å². The minimum atomic E-state index is -0.0906. The van der Waals surface area contributed by atoms with Crippen LogP contribution in [0.2, 0.25) is 0 Å². The standard InChI is InChI=1S/C11H15NO2/c1-4-14-10-6-11(2,3)5-9(13)8(10)7-12/h4-6H2,1-3H3. The topological polar surface area (TPSA) is 50.1 Å². The molecule has 1 aliphatic carbocycles. The van der Waals surface area contributed by atoms with Gasteiger partial charge in [-0.2, -0.15) is 5.26 Å². The number of allylic oxidation sites excluding steroid dienone is 2. The van der Waals surface area contributed by atoms with Gasteiger partial charge in [-0.3, -0.25) is 4.79 Å². The summed E-state index contributed by atoms with van der Waals surface area (Å²) in [5.74, 6) is 0.475. The molecule has 0 bridgehead atoms. The number of rotatable bonds is 2. The average molecular weight is 193 g/mol. The molecule has 3 heteroatoms. The Labute approximate surface area is 84.4 Å². The fraction of sp³-hybridized carbons (Fsp3) is 0.636. The lowest BCUT2D eigenvalue weighted by Crippen LogP contribution is -2.26. The normalized spacial score (nSPS) is 20.6. The largest absolute Gasteiger partial charge is 0.497 e. The van der Waals surface area contributed by atoms with Gasteiger partial charge in [0, 0.05) is 12.8 Å². The predicted octanol–water partition coefficient (Wildman–Crippen LogP) is 2.19. The lowest BCUT2D eigenvalue weighted by Gasteiger charge is -2.29. The Bertz CT molecular complexity index is 321. The first-order valence-electron chi connectivity index (χ1n) is 4.79. The number of Topliss-reactive ketones (excluding diaryl/α,β-unsaturated/α-hetero) is 1. The van der Waals surface area contributed by atoms with Gasteiger partial charge in [-0.15, -0.1) is 0 Å². The second kappa shape index (κ2) is 3.83. The quantitative estimate of drug-likeness (QED) is 0.675. The van der Waals surface area contributed by atoms with E-state index in [0.29, 0.717) is 25.2 Å². The third-order valence-electron chi connectivity index (χ3n) is 2.27. The van der Waals surface area contributed by atoms with E-state index in [4.69, 9.17) is 10.00 Å². The summed E-state index contributed by atoms with van der Waals surface area (Å²) in [6.45, 7) is 6.38. The molecule has 0 radical (unpaired) electrons. The second-order valence-electron chi connectivity index (χ2n) is 4.28. The van der Waals surface area contributed by atoms with E-state index in [1.54, 1.807) is 0 Å². The zero-order chi connectivity index (χ0) is 10.8. The zero-order valence-electron chi connectivity index (χ0n) is 8.89. The summed E-state index contributed by atoms with van der Waals surface area (Å²) in [4.78, 5) is 11.6. The third kappa shape index (κ3) is 2.14. The average Bonchev–Trinajstić information content (AvgIpc) is 2.02. The lowest BCUT2D eigenvalue weighted by molar-refractivity contribution is -0.118. The molecular weight excluding hydrogens is 178 g/mol. The van der Waals surface area contributed by atoms with Crippen molar-refractivity contribution in [2.45, 2.75) is 33.6 Å². The molecule has 0 aromatic carbocycles. The molecule has 1 aliphatic rings. The first-order chi connectivity index (χ1) is 6.50. The number of nitriles is 1. The monoisotopic (exact) mass is 193 g/mol. The first-order valence-corrected chi connectivity index (χ1v) is 4.79. The van der Waals surface area contributed by atoms with Crippen LogP contribution >= 0.6 is 0 Å². The van der Waals surface area contributed by atoms with Crippen molar-refractivity contribution >= 4 is 5.78 Å². The second-order valence-corrected chi connectivity index (χ2v) is 4.28. The van der Waals surface area contributed by atoms with Crippen molar-refractivity contribution in [2.24, 2.45) is 5.41 Å². The highest BCUT2D eigenvalue weighted by molar-refractivity contribution is 6.00. The van der Waals surface area contributed by atoms with Crippen LogP contribution < -0.4 is 0 Å². The molecule has 14 heavy (non-hydrogen) atoms. The molecule has 0 N–H and O–H groups in total. The van der Waals surface area contributed by atoms with Crippen LogP contribution in [-0.2, 0) is 9.53 Å². The van der Waals surface area contributed by atoms with Gasteiger partial charge in [0.2, 0.25) is 0 Å². The van der Waals surface area contributed by atoms with Gasteiger partial charge >= 0.3 is 0 Å². The molecule has 0 aromatic heterocycles. The van der Waals surface area contributed by atoms with E-state index in [2.05, 4.69) is 0 Å². The SMILES string of the molecule is CCOC1=C(C#N)C(=O)CC(C)(C)C1. The number of carbonyl (C=O) groups excluding carboxylic acids is 1. The third-order valence-corrected chi connectivity index (χ3v) is 2.27. The molecule has 1 rings (SSSR count). The first kappa shape index (κ1) is 10.8. The minimum absolute atomic E-state index is 0.0814. The number of hydrogen-bond donors (Lipinski definition) is 0. The minimum Gasteiger partial charge on any atom is -0.497 e. The highest BCUT2D eigenvalue weighted by Gasteiger charge is 2.33. The molecule has 0 saturated heterocycles. The molecule has 3 nitrogen and oxygen atoms in total. The number of carbonyl (C=O) groups is 1. The Morgan fingerprint density at radius 3 is 2.64 bits per heavy atom. The van der Waals surface area contributed by atoms with Crippen molar-refractivity contribution in [3.8, 4) is 6.07 Å². The van der Waals surface area contributed by atoms with Crippen molar-refractivity contribution in [3.63, 3.8) is 0 Å². The van der Waals surface area contributed by atoms with Crippen LogP contribution in [0.5, 0.6) is 0 Å². The molecule has 0 spiro atoms. The van der Waals surface area contributed by atoms with Crippen molar-refractivity contribution in [1.29, 1.82) is 5.26 Å². The molecule has 76 valence electrons. The van der Waals surface area contributed by atoms with E-state index in [-0.39, 0.29) is 16.8 Å². The fourth-order valence-corrected chi connectivity index (χ4v) is 1.69. The Morgan fingerprint density at radius 1 is 1.50 bits per heavy atom. The predicted molar refractivity (Wildman–Crippen MR) is 52.3 cm³/mol. The van der Waals surface area contributed by atoms with Crippen LogP contribution in [0.3, 0.4) is 0 Å². The molecule has 0 unspecified atom stereocenters. The van der Waals surface area contributed by atoms with Gasteiger partial charge in [-0.1, -0.05) is 13.8 Å². The maximum Gasteiger partial charge on any atom is 0.177 e. The van der Waals surface area contributed by atoms with Gasteiger partial charge in [-0.05, 0) is 12.3 Å². The molecule has 0 saturated carbocycles. The van der Waals surface area contributed by atoms with Crippen molar-refractivity contribution in [2.75, 3.05) is 6.61 Å². The van der Waals surface area contributed by atoms with E-state index in [1.165, 1.54) is 0 Å².